The minimum Gasteiger partial charge on any atom is -0.296 e. The molecule has 0 aliphatic rings. The van der Waals surface area contributed by atoms with Crippen molar-refractivity contribution in [2.24, 2.45) is 0 Å². The van der Waals surface area contributed by atoms with Gasteiger partial charge in [-0.3, -0.25) is 9.78 Å². The number of aldehydes is 1. The molecule has 0 saturated heterocycles. The molecule has 2 nitrogen and oxygen atoms in total. The van der Waals surface area contributed by atoms with Gasteiger partial charge in [0.15, 0.2) is 6.29 Å². The summed E-state index contributed by atoms with van der Waals surface area (Å²) in [4.78, 5) is 14.1. The number of rotatable bonds is 2. The third kappa shape index (κ3) is 1.90. The topological polar surface area (TPSA) is 30.0 Å². The SMILES string of the molecule is Cc1cnc(C=O)c(Cl)c1C(C)(F)F. The Bertz CT molecular complexity index is 374. The van der Waals surface area contributed by atoms with Gasteiger partial charge in [-0.05, 0) is 12.5 Å². The summed E-state index contributed by atoms with van der Waals surface area (Å²) >= 11 is 5.63. The van der Waals surface area contributed by atoms with Gasteiger partial charge in [-0.25, -0.2) is 8.78 Å². The van der Waals surface area contributed by atoms with Crippen LogP contribution in [0.5, 0.6) is 0 Å². The van der Waals surface area contributed by atoms with Crippen LogP contribution in [0, 0.1) is 6.92 Å². The van der Waals surface area contributed by atoms with E-state index in [0.717, 1.165) is 6.92 Å². The van der Waals surface area contributed by atoms with Crippen molar-refractivity contribution in [2.45, 2.75) is 19.8 Å². The van der Waals surface area contributed by atoms with E-state index in [1.807, 2.05) is 0 Å². The summed E-state index contributed by atoms with van der Waals surface area (Å²) in [5.74, 6) is -3.07. The summed E-state index contributed by atoms with van der Waals surface area (Å²) in [7, 11) is 0. The first-order chi connectivity index (χ1) is 6.38. The smallest absolute Gasteiger partial charge is 0.272 e. The summed E-state index contributed by atoms with van der Waals surface area (Å²) in [6.45, 7) is 2.20. The lowest BCUT2D eigenvalue weighted by Crippen LogP contribution is -2.12. The molecule has 1 aromatic rings. The van der Waals surface area contributed by atoms with E-state index in [1.54, 1.807) is 0 Å². The van der Waals surface area contributed by atoms with Gasteiger partial charge in [0.2, 0.25) is 0 Å². The molecule has 0 aliphatic heterocycles. The first-order valence-corrected chi connectivity index (χ1v) is 4.24. The highest BCUT2D eigenvalue weighted by Gasteiger charge is 2.30. The molecule has 0 N–H and O–H groups in total. The molecule has 0 radical (unpaired) electrons. The third-order valence-electron chi connectivity index (χ3n) is 1.79. The highest BCUT2D eigenvalue weighted by Crippen LogP contribution is 2.35. The standard InChI is InChI=1S/C9H8ClF2NO/c1-5-3-13-6(4-14)8(10)7(5)9(2,11)12/h3-4H,1-2H3. The molecule has 1 heterocycles. The molecule has 0 fully saturated rings. The molecule has 0 amide bonds. The predicted octanol–water partition coefficient (Wildman–Crippen LogP) is 2.97. The molecule has 14 heavy (non-hydrogen) atoms. The lowest BCUT2D eigenvalue weighted by molar-refractivity contribution is 0.0168. The first-order valence-electron chi connectivity index (χ1n) is 3.86. The van der Waals surface area contributed by atoms with Crippen molar-refractivity contribution in [1.82, 2.24) is 4.98 Å². The lowest BCUT2D eigenvalue weighted by atomic mass is 10.1. The van der Waals surface area contributed by atoms with Gasteiger partial charge < -0.3 is 0 Å². The quantitative estimate of drug-likeness (QED) is 0.716. The van der Waals surface area contributed by atoms with E-state index in [0.29, 0.717) is 6.29 Å². The summed E-state index contributed by atoms with van der Waals surface area (Å²) in [6.07, 6.45) is 1.57. The van der Waals surface area contributed by atoms with Crippen LogP contribution in [0.15, 0.2) is 6.20 Å². The molecular formula is C9H8ClF2NO. The summed E-state index contributed by atoms with van der Waals surface area (Å²) in [5.41, 5.74) is -0.224. The molecule has 0 unspecified atom stereocenters. The van der Waals surface area contributed by atoms with Gasteiger partial charge in [0.1, 0.15) is 5.69 Å². The number of halogens is 3. The number of carbonyl (C=O) groups is 1. The third-order valence-corrected chi connectivity index (χ3v) is 2.17. The van der Waals surface area contributed by atoms with E-state index in [4.69, 9.17) is 11.6 Å². The Kier molecular flexibility index (Phi) is 2.85. The number of pyridine rings is 1. The lowest BCUT2D eigenvalue weighted by Gasteiger charge is -2.15. The van der Waals surface area contributed by atoms with Crippen molar-refractivity contribution in [1.29, 1.82) is 0 Å². The number of aryl methyl sites for hydroxylation is 1. The Hall–Kier alpha value is -1.03. The van der Waals surface area contributed by atoms with Gasteiger partial charge in [0.25, 0.3) is 5.92 Å². The van der Waals surface area contributed by atoms with Crippen LogP contribution in [-0.4, -0.2) is 11.3 Å². The van der Waals surface area contributed by atoms with Crippen molar-refractivity contribution in [2.75, 3.05) is 0 Å². The van der Waals surface area contributed by atoms with Crippen LogP contribution in [0.3, 0.4) is 0 Å². The van der Waals surface area contributed by atoms with Gasteiger partial charge in [0, 0.05) is 18.7 Å². The molecule has 0 spiro atoms. The Morgan fingerprint density at radius 3 is 2.57 bits per heavy atom. The van der Waals surface area contributed by atoms with Crippen molar-refractivity contribution < 1.29 is 13.6 Å². The molecule has 1 aromatic heterocycles. The highest BCUT2D eigenvalue weighted by atomic mass is 35.5. The second-order valence-electron chi connectivity index (χ2n) is 3.02. The van der Waals surface area contributed by atoms with Crippen LogP contribution >= 0.6 is 11.6 Å². The van der Waals surface area contributed by atoms with E-state index in [-0.39, 0.29) is 21.8 Å². The number of alkyl halides is 2. The van der Waals surface area contributed by atoms with Crippen molar-refractivity contribution in [3.05, 3.63) is 28.0 Å². The monoisotopic (exact) mass is 219 g/mol. The van der Waals surface area contributed by atoms with Crippen LogP contribution in [0.1, 0.15) is 28.5 Å². The van der Waals surface area contributed by atoms with E-state index in [2.05, 4.69) is 4.98 Å². The molecule has 1 rings (SSSR count). The minimum atomic E-state index is -3.07. The van der Waals surface area contributed by atoms with Gasteiger partial charge in [-0.2, -0.15) is 0 Å². The van der Waals surface area contributed by atoms with Crippen LogP contribution in [0.2, 0.25) is 5.02 Å². The van der Waals surface area contributed by atoms with Crippen LogP contribution in [-0.2, 0) is 5.92 Å². The van der Waals surface area contributed by atoms with Gasteiger partial charge in [-0.1, -0.05) is 11.6 Å². The zero-order valence-electron chi connectivity index (χ0n) is 7.64. The number of carbonyl (C=O) groups excluding carboxylic acids is 1. The molecule has 0 aromatic carbocycles. The summed E-state index contributed by atoms with van der Waals surface area (Å²) in [6, 6.07) is 0. The number of hydrogen-bond donors (Lipinski definition) is 0. The first kappa shape index (κ1) is 11.0. The Labute approximate surface area is 84.9 Å². The maximum atomic E-state index is 13.1. The Morgan fingerprint density at radius 2 is 2.14 bits per heavy atom. The molecule has 0 aliphatic carbocycles. The molecular weight excluding hydrogens is 212 g/mol. The van der Waals surface area contributed by atoms with Crippen molar-refractivity contribution in [3.8, 4) is 0 Å². The van der Waals surface area contributed by atoms with Crippen LogP contribution in [0.4, 0.5) is 8.78 Å². The normalized spacial score (nSPS) is 11.5. The fraction of sp³-hybridized carbons (Fsp3) is 0.333. The van der Waals surface area contributed by atoms with Crippen molar-refractivity contribution >= 4 is 17.9 Å². The van der Waals surface area contributed by atoms with Gasteiger partial charge >= 0.3 is 0 Å². The fourth-order valence-corrected chi connectivity index (χ4v) is 1.62. The van der Waals surface area contributed by atoms with Gasteiger partial charge in [0.05, 0.1) is 5.02 Å². The molecule has 76 valence electrons. The average Bonchev–Trinajstić information content (AvgIpc) is 2.02. The minimum absolute atomic E-state index is 0.159. The number of hydrogen-bond acceptors (Lipinski definition) is 2. The largest absolute Gasteiger partial charge is 0.296 e. The average molecular weight is 220 g/mol. The second-order valence-corrected chi connectivity index (χ2v) is 3.40. The molecule has 0 saturated carbocycles. The maximum Gasteiger partial charge on any atom is 0.272 e. The van der Waals surface area contributed by atoms with E-state index >= 15 is 0 Å². The molecule has 5 heteroatoms. The number of nitrogens with zero attached hydrogens (tertiary/aromatic N) is 1. The van der Waals surface area contributed by atoms with E-state index in [9.17, 15) is 13.6 Å². The van der Waals surface area contributed by atoms with E-state index in [1.165, 1.54) is 13.1 Å². The summed E-state index contributed by atoms with van der Waals surface area (Å²) in [5, 5.41) is -0.271. The van der Waals surface area contributed by atoms with Gasteiger partial charge in [-0.15, -0.1) is 0 Å². The molecule has 0 atom stereocenters. The van der Waals surface area contributed by atoms with Crippen molar-refractivity contribution in [3.63, 3.8) is 0 Å². The number of aromatic nitrogens is 1. The zero-order valence-corrected chi connectivity index (χ0v) is 8.40. The highest BCUT2D eigenvalue weighted by molar-refractivity contribution is 6.33. The Balaban J connectivity index is 3.48. The Morgan fingerprint density at radius 1 is 1.57 bits per heavy atom. The molecule has 0 bridgehead atoms. The van der Waals surface area contributed by atoms with Crippen LogP contribution in [0.25, 0.3) is 0 Å². The summed E-state index contributed by atoms with van der Waals surface area (Å²) < 4.78 is 26.1. The van der Waals surface area contributed by atoms with Crippen LogP contribution < -0.4 is 0 Å². The zero-order chi connectivity index (χ0) is 10.9. The van der Waals surface area contributed by atoms with E-state index < -0.39 is 5.92 Å². The second kappa shape index (κ2) is 3.61. The predicted molar refractivity (Wildman–Crippen MR) is 48.9 cm³/mol. The maximum absolute atomic E-state index is 13.1. The fourth-order valence-electron chi connectivity index (χ4n) is 1.21.